The summed E-state index contributed by atoms with van der Waals surface area (Å²) in [7, 11) is 0. The summed E-state index contributed by atoms with van der Waals surface area (Å²) in [6.45, 7) is 1.39. The summed E-state index contributed by atoms with van der Waals surface area (Å²) in [6, 6.07) is 6.47. The molecule has 110 valence electrons. The molecule has 2 rings (SSSR count). The Morgan fingerprint density at radius 1 is 1.29 bits per heavy atom. The zero-order valence-electron chi connectivity index (χ0n) is 11.2. The molecule has 21 heavy (non-hydrogen) atoms. The monoisotopic (exact) mass is 291 g/mol. The number of carbonyl (C=O) groups is 2. The van der Waals surface area contributed by atoms with Gasteiger partial charge in [-0.2, -0.15) is 0 Å². The number of benzene rings is 1. The molecule has 0 aliphatic heterocycles. The number of aliphatic carboxylic acids is 1. The van der Waals surface area contributed by atoms with Crippen molar-refractivity contribution in [3.05, 3.63) is 35.7 Å². The minimum Gasteiger partial charge on any atom is -0.484 e. The van der Waals surface area contributed by atoms with Crippen LogP contribution in [0.1, 0.15) is 11.5 Å². The molecule has 0 aliphatic carbocycles. The molecule has 0 atom stereocenters. The van der Waals surface area contributed by atoms with Gasteiger partial charge in [-0.3, -0.25) is 14.9 Å². The fourth-order valence-electron chi connectivity index (χ4n) is 1.53. The molecular formula is C13H13N3O5. The summed E-state index contributed by atoms with van der Waals surface area (Å²) >= 11 is 0. The van der Waals surface area contributed by atoms with Gasteiger partial charge in [-0.15, -0.1) is 5.10 Å². The summed E-state index contributed by atoms with van der Waals surface area (Å²) in [5.41, 5.74) is 0.653. The predicted octanol–water partition coefficient (Wildman–Crippen LogP) is 1.02. The van der Waals surface area contributed by atoms with E-state index in [0.717, 1.165) is 0 Å². The Kier molecular flexibility index (Phi) is 4.50. The second-order valence-corrected chi connectivity index (χ2v) is 4.18. The number of rotatable bonds is 6. The average molecular weight is 291 g/mol. The molecule has 2 aromatic rings. The van der Waals surface area contributed by atoms with Crippen molar-refractivity contribution < 1.29 is 23.8 Å². The van der Waals surface area contributed by atoms with Crippen molar-refractivity contribution in [2.45, 2.75) is 13.3 Å². The van der Waals surface area contributed by atoms with Crippen molar-refractivity contribution in [3.8, 4) is 5.75 Å². The summed E-state index contributed by atoms with van der Waals surface area (Å²) in [5, 5.41) is 18.2. The van der Waals surface area contributed by atoms with Gasteiger partial charge < -0.3 is 14.3 Å². The number of amides is 1. The molecule has 0 fully saturated rings. The molecule has 0 radical (unpaired) electrons. The van der Waals surface area contributed by atoms with Crippen molar-refractivity contribution in [3.63, 3.8) is 0 Å². The second kappa shape index (κ2) is 6.51. The number of aromatic nitrogens is 2. The molecule has 0 unspecified atom stereocenters. The van der Waals surface area contributed by atoms with Crippen LogP contribution in [0.4, 0.5) is 6.01 Å². The fraction of sp³-hybridized carbons (Fsp3) is 0.231. The maximum absolute atomic E-state index is 11.6. The topological polar surface area (TPSA) is 115 Å². The highest BCUT2D eigenvalue weighted by atomic mass is 16.5. The van der Waals surface area contributed by atoms with Gasteiger partial charge in [0.2, 0.25) is 5.89 Å². The lowest BCUT2D eigenvalue weighted by molar-refractivity contribution is -0.136. The Morgan fingerprint density at radius 3 is 2.57 bits per heavy atom. The minimum absolute atomic E-state index is 0.0120. The van der Waals surface area contributed by atoms with Gasteiger partial charge >= 0.3 is 12.0 Å². The van der Waals surface area contributed by atoms with E-state index < -0.39 is 11.9 Å². The number of carboxylic acids is 1. The Labute approximate surface area is 119 Å². The smallest absolute Gasteiger partial charge is 0.322 e. The molecule has 2 N–H and O–H groups in total. The fourth-order valence-corrected chi connectivity index (χ4v) is 1.53. The summed E-state index contributed by atoms with van der Waals surface area (Å²) in [5.74, 6) is -0.535. The van der Waals surface area contributed by atoms with E-state index in [2.05, 4.69) is 15.5 Å². The van der Waals surface area contributed by atoms with E-state index in [9.17, 15) is 9.59 Å². The van der Waals surface area contributed by atoms with Crippen molar-refractivity contribution in [2.24, 2.45) is 0 Å². The van der Waals surface area contributed by atoms with Gasteiger partial charge in [0.05, 0.1) is 6.42 Å². The van der Waals surface area contributed by atoms with Crippen LogP contribution in [0, 0.1) is 6.92 Å². The third kappa shape index (κ3) is 4.60. The molecule has 0 saturated heterocycles. The second-order valence-electron chi connectivity index (χ2n) is 4.18. The van der Waals surface area contributed by atoms with Gasteiger partial charge in [-0.1, -0.05) is 17.2 Å². The third-order valence-electron chi connectivity index (χ3n) is 2.42. The van der Waals surface area contributed by atoms with Gasteiger partial charge in [-0.05, 0) is 17.7 Å². The molecule has 8 nitrogen and oxygen atoms in total. The predicted molar refractivity (Wildman–Crippen MR) is 70.9 cm³/mol. The molecule has 0 aliphatic rings. The van der Waals surface area contributed by atoms with E-state index >= 15 is 0 Å². The Morgan fingerprint density at radius 2 is 2.00 bits per heavy atom. The van der Waals surface area contributed by atoms with Crippen LogP contribution < -0.4 is 10.1 Å². The number of aryl methyl sites for hydroxylation is 1. The first kappa shape index (κ1) is 14.5. The third-order valence-corrected chi connectivity index (χ3v) is 2.42. The molecule has 8 heteroatoms. The van der Waals surface area contributed by atoms with Gasteiger partial charge in [0.25, 0.3) is 5.91 Å². The van der Waals surface area contributed by atoms with E-state index in [1.807, 2.05) is 0 Å². The lowest BCUT2D eigenvalue weighted by atomic mass is 10.1. The number of nitrogens with zero attached hydrogens (tertiary/aromatic N) is 2. The highest BCUT2D eigenvalue weighted by Crippen LogP contribution is 2.13. The maximum Gasteiger partial charge on any atom is 0.322 e. The van der Waals surface area contributed by atoms with Crippen molar-refractivity contribution in [2.75, 3.05) is 11.9 Å². The molecule has 1 aromatic carbocycles. The molecule has 1 amide bonds. The number of anilines is 1. The largest absolute Gasteiger partial charge is 0.484 e. The van der Waals surface area contributed by atoms with Crippen LogP contribution in [-0.4, -0.2) is 33.8 Å². The van der Waals surface area contributed by atoms with E-state index in [4.69, 9.17) is 14.3 Å². The molecule has 0 bridgehead atoms. The van der Waals surface area contributed by atoms with E-state index in [1.54, 1.807) is 31.2 Å². The number of ether oxygens (including phenoxy) is 1. The molecule has 1 heterocycles. The van der Waals surface area contributed by atoms with Crippen LogP contribution in [0.5, 0.6) is 5.75 Å². The number of carbonyl (C=O) groups excluding carboxylic acids is 1. The Bertz CT molecular complexity index is 636. The zero-order valence-corrected chi connectivity index (χ0v) is 11.2. The van der Waals surface area contributed by atoms with E-state index in [1.165, 1.54) is 0 Å². The first-order chi connectivity index (χ1) is 10.0. The Hall–Kier alpha value is -2.90. The zero-order chi connectivity index (χ0) is 15.2. The standard InChI is InChI=1S/C13H13N3O5/c1-8-15-16-13(21-8)14-11(17)7-20-10-4-2-9(3-5-10)6-12(18)19/h2-5H,6-7H2,1H3,(H,18,19)(H,14,16,17). The number of nitrogens with one attached hydrogen (secondary N) is 1. The molecule has 0 spiro atoms. The first-order valence-electron chi connectivity index (χ1n) is 6.06. The van der Waals surface area contributed by atoms with Gasteiger partial charge in [0, 0.05) is 6.92 Å². The summed E-state index contributed by atoms with van der Waals surface area (Å²) < 4.78 is 10.3. The van der Waals surface area contributed by atoms with Gasteiger partial charge in [-0.25, -0.2) is 0 Å². The van der Waals surface area contributed by atoms with Crippen LogP contribution in [0.15, 0.2) is 28.7 Å². The minimum atomic E-state index is -0.905. The summed E-state index contributed by atoms with van der Waals surface area (Å²) in [4.78, 5) is 22.1. The van der Waals surface area contributed by atoms with Crippen LogP contribution in [0.3, 0.4) is 0 Å². The number of hydrogen-bond donors (Lipinski definition) is 2. The molecular weight excluding hydrogens is 278 g/mol. The van der Waals surface area contributed by atoms with Gasteiger partial charge in [0.1, 0.15) is 5.75 Å². The van der Waals surface area contributed by atoms with Crippen LogP contribution >= 0.6 is 0 Å². The molecule has 0 saturated carbocycles. The number of hydrogen-bond acceptors (Lipinski definition) is 6. The van der Waals surface area contributed by atoms with Crippen LogP contribution in [0.2, 0.25) is 0 Å². The lowest BCUT2D eigenvalue weighted by Crippen LogP contribution is -2.20. The lowest BCUT2D eigenvalue weighted by Gasteiger charge is -2.06. The SMILES string of the molecule is Cc1nnc(NC(=O)COc2ccc(CC(=O)O)cc2)o1. The van der Waals surface area contributed by atoms with Crippen molar-refractivity contribution >= 4 is 17.9 Å². The maximum atomic E-state index is 11.6. The normalized spacial score (nSPS) is 10.1. The quantitative estimate of drug-likeness (QED) is 0.816. The van der Waals surface area contributed by atoms with Crippen molar-refractivity contribution in [1.29, 1.82) is 0 Å². The van der Waals surface area contributed by atoms with Crippen LogP contribution in [0.25, 0.3) is 0 Å². The van der Waals surface area contributed by atoms with E-state index in [0.29, 0.717) is 17.2 Å². The highest BCUT2D eigenvalue weighted by molar-refractivity contribution is 5.89. The summed E-state index contributed by atoms with van der Waals surface area (Å²) in [6.07, 6.45) is -0.0583. The molecule has 1 aromatic heterocycles. The van der Waals surface area contributed by atoms with Crippen molar-refractivity contribution in [1.82, 2.24) is 10.2 Å². The Balaban J connectivity index is 1.82. The average Bonchev–Trinajstić information content (AvgIpc) is 2.83. The number of carboxylic acid groups (broad SMARTS) is 1. The van der Waals surface area contributed by atoms with Gasteiger partial charge in [0.15, 0.2) is 6.61 Å². The van der Waals surface area contributed by atoms with E-state index in [-0.39, 0.29) is 19.0 Å². The first-order valence-corrected chi connectivity index (χ1v) is 6.06. The van der Waals surface area contributed by atoms with Crippen LogP contribution in [-0.2, 0) is 16.0 Å². The highest BCUT2D eigenvalue weighted by Gasteiger charge is 2.08.